The van der Waals surface area contributed by atoms with Gasteiger partial charge in [-0.1, -0.05) is 24.3 Å². The van der Waals surface area contributed by atoms with Crippen molar-refractivity contribution in [3.05, 3.63) is 46.3 Å². The van der Waals surface area contributed by atoms with Gasteiger partial charge in [0, 0.05) is 11.3 Å². The topological polar surface area (TPSA) is 92.3 Å². The van der Waals surface area contributed by atoms with E-state index in [4.69, 9.17) is 0 Å². The second kappa shape index (κ2) is 7.09. The highest BCUT2D eigenvalue weighted by atomic mass is 32.2. The Morgan fingerprint density at radius 1 is 1.11 bits per heavy atom. The van der Waals surface area contributed by atoms with Crippen LogP contribution in [0.25, 0.3) is 10.4 Å². The van der Waals surface area contributed by atoms with E-state index >= 15 is 0 Å². The molecule has 1 atom stereocenters. The first-order valence-corrected chi connectivity index (χ1v) is 11.6. The van der Waals surface area contributed by atoms with Crippen LogP contribution < -0.4 is 10.9 Å². The van der Waals surface area contributed by atoms with Crippen LogP contribution in [0.2, 0.25) is 0 Å². The molecule has 1 fully saturated rings. The molecule has 1 unspecified atom stereocenters. The summed E-state index contributed by atoms with van der Waals surface area (Å²) in [7, 11) is -3.01. The second-order valence-corrected chi connectivity index (χ2v) is 10.4. The maximum Gasteiger partial charge on any atom is 0.279 e. The molecule has 1 aromatic carbocycles. The zero-order valence-electron chi connectivity index (χ0n) is 14.7. The Kier molecular flexibility index (Phi) is 4.77. The third-order valence-electron chi connectivity index (χ3n) is 5.07. The minimum absolute atomic E-state index is 0.0470. The molecule has 0 spiro atoms. The highest BCUT2D eigenvalue weighted by molar-refractivity contribution is 7.91. The summed E-state index contributed by atoms with van der Waals surface area (Å²) in [6, 6.07) is 10.1. The lowest BCUT2D eigenvalue weighted by Gasteiger charge is -2.15. The lowest BCUT2D eigenvalue weighted by atomic mass is 9.91. The van der Waals surface area contributed by atoms with Crippen LogP contribution in [0.5, 0.6) is 0 Å². The Morgan fingerprint density at radius 2 is 1.89 bits per heavy atom. The second-order valence-electron chi connectivity index (χ2n) is 7.10. The first-order chi connectivity index (χ1) is 12.9. The van der Waals surface area contributed by atoms with Gasteiger partial charge in [0.2, 0.25) is 5.91 Å². The van der Waals surface area contributed by atoms with E-state index in [1.54, 1.807) is 0 Å². The van der Waals surface area contributed by atoms with E-state index in [-0.39, 0.29) is 35.7 Å². The molecule has 6 nitrogen and oxygen atoms in total. The molecule has 0 saturated carbocycles. The van der Waals surface area contributed by atoms with E-state index in [1.807, 2.05) is 18.2 Å². The van der Waals surface area contributed by atoms with Gasteiger partial charge in [0.1, 0.15) is 0 Å². The summed E-state index contributed by atoms with van der Waals surface area (Å²) in [6.45, 7) is 0. The molecule has 4 rings (SSSR count). The standard InChI is InChI=1S/C19H20N2O4S2/c22-17(9-12-7-8-27(24,25)11-12)20-21-19(23)16-10-14-6-5-13-3-1-2-4-15(13)18(14)26-16/h1-4,10,12H,5-9,11H2,(H,20,22)(H,21,23). The van der Waals surface area contributed by atoms with E-state index in [9.17, 15) is 18.0 Å². The number of carbonyl (C=O) groups is 2. The summed E-state index contributed by atoms with van der Waals surface area (Å²) >= 11 is 1.43. The van der Waals surface area contributed by atoms with Crippen molar-refractivity contribution in [2.45, 2.75) is 25.7 Å². The molecule has 27 heavy (non-hydrogen) atoms. The van der Waals surface area contributed by atoms with Crippen LogP contribution in [0.3, 0.4) is 0 Å². The van der Waals surface area contributed by atoms with Gasteiger partial charge in [-0.15, -0.1) is 11.3 Å². The van der Waals surface area contributed by atoms with E-state index < -0.39 is 9.84 Å². The van der Waals surface area contributed by atoms with Gasteiger partial charge in [0.15, 0.2) is 9.84 Å². The van der Waals surface area contributed by atoms with Crippen molar-refractivity contribution in [2.24, 2.45) is 5.92 Å². The quantitative estimate of drug-likeness (QED) is 0.767. The number of carbonyl (C=O) groups excluding carboxylic acids is 2. The molecular formula is C19H20N2O4S2. The predicted octanol–water partition coefficient (Wildman–Crippen LogP) is 2.10. The molecule has 1 aliphatic carbocycles. The molecule has 0 radical (unpaired) electrons. The number of aryl methyl sites for hydroxylation is 2. The number of amides is 2. The van der Waals surface area contributed by atoms with Gasteiger partial charge >= 0.3 is 0 Å². The smallest absolute Gasteiger partial charge is 0.273 e. The van der Waals surface area contributed by atoms with Crippen LogP contribution in [0.15, 0.2) is 30.3 Å². The van der Waals surface area contributed by atoms with Crippen LogP contribution >= 0.6 is 11.3 Å². The molecule has 8 heteroatoms. The van der Waals surface area contributed by atoms with Crippen LogP contribution in [0.1, 0.15) is 33.6 Å². The third kappa shape index (κ3) is 3.91. The number of thiophene rings is 1. The third-order valence-corrected chi connectivity index (χ3v) is 8.12. The van der Waals surface area contributed by atoms with Crippen molar-refractivity contribution < 1.29 is 18.0 Å². The summed E-state index contributed by atoms with van der Waals surface area (Å²) in [4.78, 5) is 26.1. The number of hydrogen-bond acceptors (Lipinski definition) is 5. The Balaban J connectivity index is 1.37. The van der Waals surface area contributed by atoms with Crippen LogP contribution in [0, 0.1) is 5.92 Å². The van der Waals surface area contributed by atoms with Crippen molar-refractivity contribution >= 4 is 33.0 Å². The minimum Gasteiger partial charge on any atom is -0.273 e. The molecular weight excluding hydrogens is 384 g/mol. The normalized spacial score (nSPS) is 19.8. The van der Waals surface area contributed by atoms with Gasteiger partial charge in [-0.05, 0) is 47.9 Å². The lowest BCUT2D eigenvalue weighted by molar-refractivity contribution is -0.122. The van der Waals surface area contributed by atoms with Crippen molar-refractivity contribution in [1.82, 2.24) is 10.9 Å². The first-order valence-electron chi connectivity index (χ1n) is 8.92. The molecule has 142 valence electrons. The van der Waals surface area contributed by atoms with Crippen LogP contribution in [-0.4, -0.2) is 31.7 Å². The van der Waals surface area contributed by atoms with E-state index in [1.165, 1.54) is 22.5 Å². The van der Waals surface area contributed by atoms with Crippen LogP contribution in [-0.2, 0) is 27.5 Å². The minimum atomic E-state index is -3.01. The molecule has 2 N–H and O–H groups in total. The van der Waals surface area contributed by atoms with Crippen molar-refractivity contribution in [3.63, 3.8) is 0 Å². The summed E-state index contributed by atoms with van der Waals surface area (Å²) in [5.41, 5.74) is 8.48. The summed E-state index contributed by atoms with van der Waals surface area (Å²) in [5.74, 6) is -0.695. The van der Waals surface area contributed by atoms with E-state index in [2.05, 4.69) is 23.0 Å². The Bertz CT molecular complexity index is 1010. The molecule has 2 amide bonds. The van der Waals surface area contributed by atoms with Gasteiger partial charge in [-0.3, -0.25) is 20.4 Å². The number of benzene rings is 1. The number of hydrogen-bond donors (Lipinski definition) is 2. The zero-order chi connectivity index (χ0) is 19.0. The van der Waals surface area contributed by atoms with E-state index in [0.29, 0.717) is 11.3 Å². The SMILES string of the molecule is O=C(CC1CCS(=O)(=O)C1)NNC(=O)c1cc2c(s1)-c1ccccc1CC2. The van der Waals surface area contributed by atoms with Gasteiger partial charge in [-0.2, -0.15) is 0 Å². The molecule has 1 aromatic heterocycles. The molecule has 2 heterocycles. The first kappa shape index (κ1) is 18.2. The van der Waals surface area contributed by atoms with Crippen LogP contribution in [0.4, 0.5) is 0 Å². The largest absolute Gasteiger partial charge is 0.279 e. The predicted molar refractivity (Wildman–Crippen MR) is 104 cm³/mol. The fourth-order valence-electron chi connectivity index (χ4n) is 3.72. The Labute approximate surface area is 161 Å². The average molecular weight is 405 g/mol. The highest BCUT2D eigenvalue weighted by Crippen LogP contribution is 2.39. The van der Waals surface area contributed by atoms with Crippen molar-refractivity contribution in [1.29, 1.82) is 0 Å². The van der Waals surface area contributed by atoms with Gasteiger partial charge < -0.3 is 0 Å². The number of nitrogens with one attached hydrogen (secondary N) is 2. The highest BCUT2D eigenvalue weighted by Gasteiger charge is 2.29. The number of rotatable bonds is 3. The van der Waals surface area contributed by atoms with Gasteiger partial charge in [-0.25, -0.2) is 8.42 Å². The molecule has 2 aliphatic rings. The number of fused-ring (bicyclic) bond motifs is 3. The zero-order valence-corrected chi connectivity index (χ0v) is 16.3. The number of hydrazine groups is 1. The maximum absolute atomic E-state index is 12.4. The van der Waals surface area contributed by atoms with Gasteiger partial charge in [0.25, 0.3) is 5.91 Å². The molecule has 1 saturated heterocycles. The Morgan fingerprint density at radius 3 is 2.67 bits per heavy atom. The molecule has 2 aromatic rings. The summed E-state index contributed by atoms with van der Waals surface area (Å²) < 4.78 is 22.9. The fourth-order valence-corrected chi connectivity index (χ4v) is 6.75. The van der Waals surface area contributed by atoms with Crippen molar-refractivity contribution in [2.75, 3.05) is 11.5 Å². The monoisotopic (exact) mass is 404 g/mol. The maximum atomic E-state index is 12.4. The molecule has 0 bridgehead atoms. The van der Waals surface area contributed by atoms with Gasteiger partial charge in [0.05, 0.1) is 16.4 Å². The number of sulfone groups is 1. The summed E-state index contributed by atoms with van der Waals surface area (Å²) in [6.07, 6.45) is 2.47. The Hall–Kier alpha value is -2.19. The lowest BCUT2D eigenvalue weighted by Crippen LogP contribution is -2.42. The van der Waals surface area contributed by atoms with E-state index in [0.717, 1.165) is 23.3 Å². The average Bonchev–Trinajstić information content (AvgIpc) is 3.22. The fraction of sp³-hybridized carbons (Fsp3) is 0.368. The van der Waals surface area contributed by atoms with Crippen molar-refractivity contribution in [3.8, 4) is 10.4 Å². The summed E-state index contributed by atoms with van der Waals surface area (Å²) in [5, 5.41) is 0. The molecule has 1 aliphatic heterocycles.